The molecule has 0 aliphatic heterocycles. The van der Waals surface area contributed by atoms with Gasteiger partial charge in [-0.25, -0.2) is 4.79 Å². The Labute approximate surface area is 194 Å². The van der Waals surface area contributed by atoms with Crippen LogP contribution in [0, 0.1) is 26.7 Å². The van der Waals surface area contributed by atoms with E-state index in [1.165, 1.54) is 26.4 Å². The van der Waals surface area contributed by atoms with E-state index in [1.54, 1.807) is 0 Å². The molecule has 0 spiro atoms. The van der Waals surface area contributed by atoms with Gasteiger partial charge in [0.25, 0.3) is 0 Å². The van der Waals surface area contributed by atoms with E-state index in [2.05, 4.69) is 5.32 Å². The lowest BCUT2D eigenvalue weighted by atomic mass is 9.98. The second-order valence-electron chi connectivity index (χ2n) is 8.47. The van der Waals surface area contributed by atoms with Gasteiger partial charge in [-0.2, -0.15) is 0 Å². The minimum atomic E-state index is -0.729. The van der Waals surface area contributed by atoms with Gasteiger partial charge in [0, 0.05) is 23.6 Å². The predicted octanol–water partition coefficient (Wildman–Crippen LogP) is 4.80. The maximum atomic E-state index is 13.0. The second-order valence-corrected chi connectivity index (χ2v) is 8.47. The molecular weight excluding hydrogens is 422 g/mol. The van der Waals surface area contributed by atoms with Crippen molar-refractivity contribution in [2.24, 2.45) is 5.92 Å². The number of ketones is 1. The number of anilines is 1. The molecule has 1 aliphatic rings. The molecule has 1 saturated carbocycles. The van der Waals surface area contributed by atoms with Crippen molar-refractivity contribution in [3.63, 3.8) is 0 Å². The van der Waals surface area contributed by atoms with E-state index < -0.39 is 12.6 Å². The first kappa shape index (κ1) is 24.3. The highest BCUT2D eigenvalue weighted by Crippen LogP contribution is 2.35. The molecule has 1 aliphatic carbocycles. The van der Waals surface area contributed by atoms with Crippen LogP contribution in [-0.4, -0.2) is 38.5 Å². The number of rotatable bonds is 8. The maximum Gasteiger partial charge on any atom is 0.340 e. The Bertz CT molecular complexity index is 1070. The SMILES string of the molecule is COc1cc(NC(=O)C2CCCC2)c(C(=O)OCC(=O)c2cc(C)c(C)cc2C)cc1OC. The summed E-state index contributed by atoms with van der Waals surface area (Å²) in [5.74, 6) is -0.558. The number of hydrogen-bond donors (Lipinski definition) is 1. The zero-order valence-corrected chi connectivity index (χ0v) is 19.9. The largest absolute Gasteiger partial charge is 0.493 e. The summed E-state index contributed by atoms with van der Waals surface area (Å²) in [6, 6.07) is 6.74. The van der Waals surface area contributed by atoms with Crippen LogP contribution in [0.15, 0.2) is 24.3 Å². The summed E-state index contributed by atoms with van der Waals surface area (Å²) in [7, 11) is 2.93. The Morgan fingerprint density at radius 2 is 1.45 bits per heavy atom. The number of esters is 1. The van der Waals surface area contributed by atoms with E-state index in [0.29, 0.717) is 17.1 Å². The molecule has 1 amide bonds. The lowest BCUT2D eigenvalue weighted by Crippen LogP contribution is -2.23. The summed E-state index contributed by atoms with van der Waals surface area (Å²) < 4.78 is 16.0. The first-order valence-corrected chi connectivity index (χ1v) is 11.1. The Morgan fingerprint density at radius 1 is 0.848 bits per heavy atom. The topological polar surface area (TPSA) is 90.9 Å². The number of amides is 1. The van der Waals surface area contributed by atoms with Crippen LogP contribution in [0.1, 0.15) is 63.1 Å². The van der Waals surface area contributed by atoms with Crippen molar-refractivity contribution in [3.05, 3.63) is 52.1 Å². The number of hydrogen-bond acceptors (Lipinski definition) is 6. The molecule has 1 N–H and O–H groups in total. The average molecular weight is 454 g/mol. The van der Waals surface area contributed by atoms with Crippen LogP contribution in [0.5, 0.6) is 11.5 Å². The van der Waals surface area contributed by atoms with Crippen LogP contribution in [-0.2, 0) is 9.53 Å². The molecule has 1 fully saturated rings. The highest BCUT2D eigenvalue weighted by Gasteiger charge is 2.26. The average Bonchev–Trinajstić information content (AvgIpc) is 3.34. The Hall–Kier alpha value is -3.35. The lowest BCUT2D eigenvalue weighted by Gasteiger charge is -2.17. The predicted molar refractivity (Wildman–Crippen MR) is 125 cm³/mol. The summed E-state index contributed by atoms with van der Waals surface area (Å²) in [6.45, 7) is 5.36. The van der Waals surface area contributed by atoms with E-state index in [1.807, 2.05) is 32.9 Å². The van der Waals surface area contributed by atoms with E-state index in [-0.39, 0.29) is 28.9 Å². The summed E-state index contributed by atoms with van der Waals surface area (Å²) >= 11 is 0. The summed E-state index contributed by atoms with van der Waals surface area (Å²) in [4.78, 5) is 38.4. The maximum absolute atomic E-state index is 13.0. The molecule has 0 bridgehead atoms. The van der Waals surface area contributed by atoms with Crippen molar-refractivity contribution >= 4 is 23.3 Å². The third-order valence-corrected chi connectivity index (χ3v) is 6.20. The van der Waals surface area contributed by atoms with E-state index in [4.69, 9.17) is 14.2 Å². The van der Waals surface area contributed by atoms with Crippen LogP contribution >= 0.6 is 0 Å². The Balaban J connectivity index is 1.82. The quantitative estimate of drug-likeness (QED) is 0.456. The van der Waals surface area contributed by atoms with Crippen LogP contribution < -0.4 is 14.8 Å². The molecule has 0 saturated heterocycles. The van der Waals surface area contributed by atoms with Gasteiger partial charge in [-0.1, -0.05) is 18.9 Å². The summed E-state index contributed by atoms with van der Waals surface area (Å²) in [6.07, 6.45) is 3.67. The van der Waals surface area contributed by atoms with Crippen molar-refractivity contribution < 1.29 is 28.6 Å². The Morgan fingerprint density at radius 3 is 2.09 bits per heavy atom. The van der Waals surface area contributed by atoms with Crippen molar-refractivity contribution in [2.75, 3.05) is 26.1 Å². The van der Waals surface area contributed by atoms with Crippen molar-refractivity contribution in [3.8, 4) is 11.5 Å². The fourth-order valence-electron chi connectivity index (χ4n) is 4.12. The van der Waals surface area contributed by atoms with Crippen molar-refractivity contribution in [1.82, 2.24) is 0 Å². The van der Waals surface area contributed by atoms with E-state index in [9.17, 15) is 14.4 Å². The van der Waals surface area contributed by atoms with Gasteiger partial charge in [0.15, 0.2) is 18.1 Å². The molecule has 176 valence electrons. The summed E-state index contributed by atoms with van der Waals surface area (Å²) in [5, 5.41) is 2.84. The minimum absolute atomic E-state index is 0.0868. The molecular formula is C26H31NO6. The van der Waals surface area contributed by atoms with Crippen LogP contribution in [0.25, 0.3) is 0 Å². The van der Waals surface area contributed by atoms with Gasteiger partial charge < -0.3 is 19.5 Å². The zero-order valence-electron chi connectivity index (χ0n) is 19.9. The van der Waals surface area contributed by atoms with Gasteiger partial charge >= 0.3 is 5.97 Å². The fraction of sp³-hybridized carbons (Fsp3) is 0.423. The molecule has 7 heteroatoms. The molecule has 0 unspecified atom stereocenters. The van der Waals surface area contributed by atoms with Crippen LogP contribution in [0.3, 0.4) is 0 Å². The van der Waals surface area contributed by atoms with Gasteiger partial charge in [0.2, 0.25) is 11.7 Å². The number of carbonyl (C=O) groups is 3. The fourth-order valence-corrected chi connectivity index (χ4v) is 4.12. The highest BCUT2D eigenvalue weighted by molar-refractivity contribution is 6.04. The highest BCUT2D eigenvalue weighted by atomic mass is 16.5. The van der Waals surface area contributed by atoms with Crippen molar-refractivity contribution in [1.29, 1.82) is 0 Å². The number of carbonyl (C=O) groups excluding carboxylic acids is 3. The third-order valence-electron chi connectivity index (χ3n) is 6.20. The molecule has 2 aromatic carbocycles. The molecule has 2 aromatic rings. The number of ether oxygens (including phenoxy) is 3. The molecule has 33 heavy (non-hydrogen) atoms. The summed E-state index contributed by atoms with van der Waals surface area (Å²) in [5.41, 5.74) is 3.80. The monoisotopic (exact) mass is 453 g/mol. The number of methoxy groups -OCH3 is 2. The Kier molecular flexibility index (Phi) is 7.74. The zero-order chi connectivity index (χ0) is 24.1. The van der Waals surface area contributed by atoms with Gasteiger partial charge in [-0.3, -0.25) is 9.59 Å². The molecule has 0 aromatic heterocycles. The van der Waals surface area contributed by atoms with Gasteiger partial charge in [0.1, 0.15) is 0 Å². The van der Waals surface area contributed by atoms with Gasteiger partial charge in [0.05, 0.1) is 25.5 Å². The smallest absolute Gasteiger partial charge is 0.340 e. The van der Waals surface area contributed by atoms with Gasteiger partial charge in [-0.05, 0) is 56.4 Å². The molecule has 3 rings (SSSR count). The first-order chi connectivity index (χ1) is 15.7. The number of nitrogens with one attached hydrogen (secondary N) is 1. The normalized spacial score (nSPS) is 13.5. The number of benzene rings is 2. The number of Topliss-reactive ketones (excluding diaryl/α,β-unsaturated/α-hetero) is 1. The second kappa shape index (κ2) is 10.5. The lowest BCUT2D eigenvalue weighted by molar-refractivity contribution is -0.119. The number of aryl methyl sites for hydroxylation is 3. The minimum Gasteiger partial charge on any atom is -0.493 e. The molecule has 0 radical (unpaired) electrons. The van der Waals surface area contributed by atoms with Crippen LogP contribution in [0.2, 0.25) is 0 Å². The van der Waals surface area contributed by atoms with Crippen LogP contribution in [0.4, 0.5) is 5.69 Å². The molecule has 0 atom stereocenters. The van der Waals surface area contributed by atoms with Crippen molar-refractivity contribution in [2.45, 2.75) is 46.5 Å². The molecule has 0 heterocycles. The third kappa shape index (κ3) is 5.53. The molecule has 7 nitrogen and oxygen atoms in total. The standard InChI is InChI=1S/C26H31NO6/c1-15-10-17(3)19(11-16(15)2)22(28)14-33-26(30)20-12-23(31-4)24(32-5)13-21(20)27-25(29)18-8-6-7-9-18/h10-13,18H,6-9,14H2,1-5H3,(H,27,29). The van der Waals surface area contributed by atoms with E-state index >= 15 is 0 Å². The first-order valence-electron chi connectivity index (χ1n) is 11.1. The van der Waals surface area contributed by atoms with E-state index in [0.717, 1.165) is 42.4 Å². The van der Waals surface area contributed by atoms with Gasteiger partial charge in [-0.15, -0.1) is 0 Å².